The summed E-state index contributed by atoms with van der Waals surface area (Å²) in [6.45, 7) is 4.50. The highest BCUT2D eigenvalue weighted by Gasteiger charge is 2.36. The molecule has 1 aromatic rings. The predicted molar refractivity (Wildman–Crippen MR) is 69.1 cm³/mol. The molecule has 1 aliphatic rings. The van der Waals surface area contributed by atoms with Crippen molar-refractivity contribution in [3.63, 3.8) is 0 Å². The minimum atomic E-state index is -0.447. The molecule has 18 heavy (non-hydrogen) atoms. The molecule has 0 aromatic carbocycles. The summed E-state index contributed by atoms with van der Waals surface area (Å²) in [7, 11) is 0. The summed E-state index contributed by atoms with van der Waals surface area (Å²) in [5.41, 5.74) is 0. The lowest BCUT2D eigenvalue weighted by Crippen LogP contribution is -2.35. The molecule has 1 aliphatic heterocycles. The molecule has 2 rings (SSSR count). The minimum Gasteiger partial charge on any atom is -0.447 e. The first-order valence-electron chi connectivity index (χ1n) is 5.63. The van der Waals surface area contributed by atoms with E-state index in [4.69, 9.17) is 27.9 Å². The van der Waals surface area contributed by atoms with Gasteiger partial charge in [0.05, 0.1) is 12.2 Å². The number of nitrogens with zero attached hydrogens (tertiary/aromatic N) is 3. The number of hydrogen-bond acceptors (Lipinski definition) is 4. The Kier molecular flexibility index (Phi) is 3.92. The Bertz CT molecular complexity index is 468. The lowest BCUT2D eigenvalue weighted by Gasteiger charge is -2.22. The Labute approximate surface area is 115 Å². The molecule has 0 aliphatic carbocycles. The second kappa shape index (κ2) is 5.28. The lowest BCUT2D eigenvalue weighted by atomic mass is 10.0. The van der Waals surface area contributed by atoms with Gasteiger partial charge in [0.15, 0.2) is 5.82 Å². The maximum atomic E-state index is 11.8. The van der Waals surface area contributed by atoms with Crippen LogP contribution in [0.4, 0.5) is 10.6 Å². The molecule has 2 heterocycles. The number of ether oxygens (including phenoxy) is 1. The second-order valence-corrected chi connectivity index (χ2v) is 5.29. The first-order valence-corrected chi connectivity index (χ1v) is 6.38. The highest BCUT2D eigenvalue weighted by atomic mass is 35.5. The summed E-state index contributed by atoms with van der Waals surface area (Å²) in [4.78, 5) is 21.0. The summed E-state index contributed by atoms with van der Waals surface area (Å²) >= 11 is 11.7. The van der Waals surface area contributed by atoms with Gasteiger partial charge in [-0.25, -0.2) is 9.78 Å². The number of anilines is 1. The highest BCUT2D eigenvalue weighted by Crippen LogP contribution is 2.30. The number of rotatable bonds is 3. The summed E-state index contributed by atoms with van der Waals surface area (Å²) in [6.07, 6.45) is 1.74. The Morgan fingerprint density at radius 3 is 2.94 bits per heavy atom. The van der Waals surface area contributed by atoms with Crippen molar-refractivity contribution in [1.82, 2.24) is 9.97 Å². The van der Waals surface area contributed by atoms with Gasteiger partial charge in [-0.15, -0.1) is 0 Å². The van der Waals surface area contributed by atoms with Gasteiger partial charge in [-0.3, -0.25) is 4.90 Å². The van der Waals surface area contributed by atoms with Crippen molar-refractivity contribution in [3.05, 3.63) is 16.5 Å². The largest absolute Gasteiger partial charge is 0.447 e. The SMILES string of the molecule is CC(C)CC1COC(=O)N1c1nc(Cl)ncc1Cl. The quantitative estimate of drug-likeness (QED) is 0.802. The Hall–Kier alpha value is -1.07. The molecule has 1 unspecified atom stereocenters. The van der Waals surface area contributed by atoms with E-state index in [1.54, 1.807) is 0 Å². The molecule has 0 bridgehead atoms. The number of cyclic esters (lactones) is 1. The van der Waals surface area contributed by atoms with Gasteiger partial charge in [0, 0.05) is 0 Å². The molecule has 1 aromatic heterocycles. The number of carbonyl (C=O) groups is 1. The van der Waals surface area contributed by atoms with Gasteiger partial charge in [0.25, 0.3) is 0 Å². The molecule has 7 heteroatoms. The van der Waals surface area contributed by atoms with Crippen molar-refractivity contribution in [1.29, 1.82) is 0 Å². The summed E-state index contributed by atoms with van der Waals surface area (Å²) in [5.74, 6) is 0.743. The Morgan fingerprint density at radius 2 is 2.28 bits per heavy atom. The number of halogens is 2. The topological polar surface area (TPSA) is 55.3 Å². The van der Waals surface area contributed by atoms with Crippen molar-refractivity contribution < 1.29 is 9.53 Å². The molecule has 0 N–H and O–H groups in total. The van der Waals surface area contributed by atoms with Gasteiger partial charge in [0.1, 0.15) is 11.6 Å². The first kappa shape index (κ1) is 13.4. The van der Waals surface area contributed by atoms with E-state index in [9.17, 15) is 4.79 Å². The van der Waals surface area contributed by atoms with Crippen molar-refractivity contribution in [3.8, 4) is 0 Å². The number of carbonyl (C=O) groups excluding carboxylic acids is 1. The number of amides is 1. The maximum Gasteiger partial charge on any atom is 0.415 e. The number of aromatic nitrogens is 2. The monoisotopic (exact) mass is 289 g/mol. The maximum absolute atomic E-state index is 11.8. The molecular formula is C11H13Cl2N3O2. The van der Waals surface area contributed by atoms with Gasteiger partial charge in [-0.05, 0) is 23.9 Å². The van der Waals surface area contributed by atoms with E-state index in [0.29, 0.717) is 18.3 Å². The van der Waals surface area contributed by atoms with Crippen LogP contribution in [-0.2, 0) is 4.74 Å². The molecule has 0 saturated carbocycles. The molecule has 1 saturated heterocycles. The fraction of sp³-hybridized carbons (Fsp3) is 0.545. The molecule has 0 spiro atoms. The van der Waals surface area contributed by atoms with Crippen LogP contribution in [0.2, 0.25) is 10.3 Å². The van der Waals surface area contributed by atoms with Crippen LogP contribution in [0.25, 0.3) is 0 Å². The molecular weight excluding hydrogens is 277 g/mol. The third-order valence-electron chi connectivity index (χ3n) is 2.63. The Balaban J connectivity index is 2.33. The van der Waals surface area contributed by atoms with Gasteiger partial charge < -0.3 is 4.74 Å². The minimum absolute atomic E-state index is 0.0531. The van der Waals surface area contributed by atoms with E-state index in [1.807, 2.05) is 0 Å². The summed E-state index contributed by atoms with van der Waals surface area (Å²) in [6, 6.07) is -0.0685. The average Bonchev–Trinajstić information content (AvgIpc) is 2.63. The van der Waals surface area contributed by atoms with Crippen molar-refractivity contribution in [2.75, 3.05) is 11.5 Å². The summed E-state index contributed by atoms with van der Waals surface area (Å²) < 4.78 is 5.05. The molecule has 98 valence electrons. The smallest absolute Gasteiger partial charge is 0.415 e. The molecule has 0 radical (unpaired) electrons. The van der Waals surface area contributed by atoms with Gasteiger partial charge in [-0.2, -0.15) is 4.98 Å². The molecule has 1 atom stereocenters. The van der Waals surface area contributed by atoms with Crippen LogP contribution >= 0.6 is 23.2 Å². The molecule has 1 fully saturated rings. The van der Waals surface area contributed by atoms with Gasteiger partial charge in [-0.1, -0.05) is 25.4 Å². The van der Waals surface area contributed by atoms with Gasteiger partial charge in [0.2, 0.25) is 5.28 Å². The highest BCUT2D eigenvalue weighted by molar-refractivity contribution is 6.34. The zero-order valence-corrected chi connectivity index (χ0v) is 11.6. The van der Waals surface area contributed by atoms with Crippen molar-refractivity contribution >= 4 is 35.1 Å². The number of hydrogen-bond donors (Lipinski definition) is 0. The van der Waals surface area contributed by atoms with Crippen LogP contribution in [0.1, 0.15) is 20.3 Å². The van der Waals surface area contributed by atoms with E-state index in [1.165, 1.54) is 11.1 Å². The Morgan fingerprint density at radius 1 is 1.56 bits per heavy atom. The predicted octanol–water partition coefficient (Wildman–Crippen LogP) is 3.15. The third-order valence-corrected chi connectivity index (χ3v) is 3.08. The molecule has 1 amide bonds. The normalized spacial score (nSPS) is 19.5. The van der Waals surface area contributed by atoms with E-state index in [2.05, 4.69) is 23.8 Å². The van der Waals surface area contributed by atoms with Crippen molar-refractivity contribution in [2.45, 2.75) is 26.3 Å². The fourth-order valence-corrected chi connectivity index (χ4v) is 2.25. The van der Waals surface area contributed by atoms with Crippen LogP contribution in [0.15, 0.2) is 6.20 Å². The van der Waals surface area contributed by atoms with Crippen LogP contribution in [0.3, 0.4) is 0 Å². The lowest BCUT2D eigenvalue weighted by molar-refractivity contribution is 0.178. The van der Waals surface area contributed by atoms with Crippen LogP contribution in [0.5, 0.6) is 0 Å². The van der Waals surface area contributed by atoms with E-state index >= 15 is 0 Å². The van der Waals surface area contributed by atoms with E-state index in [-0.39, 0.29) is 16.3 Å². The van der Waals surface area contributed by atoms with Crippen LogP contribution in [0, 0.1) is 5.92 Å². The fourth-order valence-electron chi connectivity index (χ4n) is 1.94. The van der Waals surface area contributed by atoms with Crippen molar-refractivity contribution in [2.24, 2.45) is 5.92 Å². The zero-order valence-electron chi connectivity index (χ0n) is 10.1. The average molecular weight is 290 g/mol. The van der Waals surface area contributed by atoms with Gasteiger partial charge >= 0.3 is 6.09 Å². The third kappa shape index (κ3) is 2.67. The van der Waals surface area contributed by atoms with Crippen LogP contribution < -0.4 is 4.90 Å². The van der Waals surface area contributed by atoms with Crippen LogP contribution in [-0.4, -0.2) is 28.7 Å². The van der Waals surface area contributed by atoms with E-state index < -0.39 is 6.09 Å². The summed E-state index contributed by atoms with van der Waals surface area (Å²) in [5, 5.41) is 0.337. The standard InChI is InChI=1S/C11H13Cl2N3O2/c1-6(2)3-7-5-18-11(17)16(7)9-8(12)4-14-10(13)15-9/h4,6-7H,3,5H2,1-2H3. The van der Waals surface area contributed by atoms with E-state index in [0.717, 1.165) is 6.42 Å². The first-order chi connectivity index (χ1) is 8.49. The second-order valence-electron chi connectivity index (χ2n) is 4.54. The molecule has 5 nitrogen and oxygen atoms in total. The zero-order chi connectivity index (χ0) is 13.3.